The quantitative estimate of drug-likeness (QED) is 0.887. The van der Waals surface area contributed by atoms with Gasteiger partial charge in [0.15, 0.2) is 0 Å². The second kappa shape index (κ2) is 7.43. The van der Waals surface area contributed by atoms with Crippen molar-refractivity contribution in [2.24, 2.45) is 0 Å². The second-order valence-corrected chi connectivity index (χ2v) is 4.81. The van der Waals surface area contributed by atoms with Crippen molar-refractivity contribution in [3.63, 3.8) is 0 Å². The molecular formula is C17H20N2O2. The molecule has 0 aliphatic rings. The van der Waals surface area contributed by atoms with Crippen molar-refractivity contribution in [2.75, 3.05) is 13.2 Å². The number of pyridine rings is 1. The van der Waals surface area contributed by atoms with Crippen LogP contribution in [0.5, 0.6) is 5.88 Å². The van der Waals surface area contributed by atoms with Gasteiger partial charge in [-0.15, -0.1) is 0 Å². The summed E-state index contributed by atoms with van der Waals surface area (Å²) in [4.78, 5) is 16.3. The first-order chi connectivity index (χ1) is 10.2. The Morgan fingerprint density at radius 1 is 1.24 bits per heavy atom. The molecule has 1 N–H and O–H groups in total. The van der Waals surface area contributed by atoms with Crippen molar-refractivity contribution < 1.29 is 9.53 Å². The number of carbonyl (C=O) groups excluding carboxylic acids is 1. The number of nitrogens with zero attached hydrogens (tertiary/aromatic N) is 1. The first-order valence-electron chi connectivity index (χ1n) is 7.13. The number of nitrogens with one attached hydrogen (secondary N) is 1. The monoisotopic (exact) mass is 284 g/mol. The van der Waals surface area contributed by atoms with Crippen molar-refractivity contribution >= 4 is 5.91 Å². The largest absolute Gasteiger partial charge is 0.477 e. The van der Waals surface area contributed by atoms with Gasteiger partial charge in [-0.1, -0.05) is 37.3 Å². The van der Waals surface area contributed by atoms with E-state index in [1.165, 1.54) is 5.56 Å². The van der Waals surface area contributed by atoms with Gasteiger partial charge in [-0.25, -0.2) is 4.98 Å². The van der Waals surface area contributed by atoms with Crippen LogP contribution >= 0.6 is 0 Å². The summed E-state index contributed by atoms with van der Waals surface area (Å²) in [6, 6.07) is 13.6. The van der Waals surface area contributed by atoms with Gasteiger partial charge in [0, 0.05) is 12.7 Å². The highest BCUT2D eigenvalue weighted by molar-refractivity contribution is 5.96. The summed E-state index contributed by atoms with van der Waals surface area (Å²) in [6.45, 7) is 5.01. The van der Waals surface area contributed by atoms with Crippen molar-refractivity contribution in [3.05, 3.63) is 59.8 Å². The number of carbonyl (C=O) groups is 1. The summed E-state index contributed by atoms with van der Waals surface area (Å²) in [5.74, 6) is 0.474. The third-order valence-electron chi connectivity index (χ3n) is 3.23. The molecule has 2 rings (SSSR count). The average Bonchev–Trinajstić information content (AvgIpc) is 2.54. The lowest BCUT2D eigenvalue weighted by Crippen LogP contribution is -2.28. The lowest BCUT2D eigenvalue weighted by atomic mass is 10.0. The molecule has 1 aromatic heterocycles. The molecule has 4 nitrogen and oxygen atoms in total. The molecule has 1 amide bonds. The van der Waals surface area contributed by atoms with Gasteiger partial charge in [0.05, 0.1) is 6.61 Å². The first-order valence-corrected chi connectivity index (χ1v) is 7.13. The summed E-state index contributed by atoms with van der Waals surface area (Å²) in [5, 5.41) is 2.94. The molecule has 1 aromatic carbocycles. The van der Waals surface area contributed by atoms with Crippen molar-refractivity contribution in [1.82, 2.24) is 10.3 Å². The van der Waals surface area contributed by atoms with Crippen molar-refractivity contribution in [1.29, 1.82) is 0 Å². The Balaban J connectivity index is 1.99. The van der Waals surface area contributed by atoms with E-state index in [1.54, 1.807) is 18.3 Å². The normalized spacial score (nSPS) is 11.7. The fourth-order valence-corrected chi connectivity index (χ4v) is 2.06. The van der Waals surface area contributed by atoms with E-state index in [4.69, 9.17) is 4.74 Å². The molecule has 110 valence electrons. The Morgan fingerprint density at radius 3 is 2.71 bits per heavy atom. The van der Waals surface area contributed by atoms with E-state index in [9.17, 15) is 4.79 Å². The SMILES string of the molecule is CCOc1ncccc1C(=O)NCC(C)c1ccccc1. The van der Waals surface area contributed by atoms with Crippen LogP contribution in [-0.4, -0.2) is 24.0 Å². The number of hydrogen-bond donors (Lipinski definition) is 1. The van der Waals surface area contributed by atoms with E-state index in [1.807, 2.05) is 25.1 Å². The lowest BCUT2D eigenvalue weighted by molar-refractivity contribution is 0.0947. The van der Waals surface area contributed by atoms with Crippen LogP contribution in [0.25, 0.3) is 0 Å². The van der Waals surface area contributed by atoms with Gasteiger partial charge in [-0.05, 0) is 30.5 Å². The predicted octanol–water partition coefficient (Wildman–Crippen LogP) is 3.01. The Kier molecular flexibility index (Phi) is 5.32. The minimum absolute atomic E-state index is 0.158. The Bertz CT molecular complexity index is 584. The average molecular weight is 284 g/mol. The molecule has 1 heterocycles. The van der Waals surface area contributed by atoms with Crippen LogP contribution in [0.15, 0.2) is 48.7 Å². The fourth-order valence-electron chi connectivity index (χ4n) is 2.06. The maximum atomic E-state index is 12.2. The zero-order chi connectivity index (χ0) is 15.1. The highest BCUT2D eigenvalue weighted by Crippen LogP contribution is 2.16. The zero-order valence-electron chi connectivity index (χ0n) is 12.4. The summed E-state index contributed by atoms with van der Waals surface area (Å²) >= 11 is 0. The molecule has 4 heteroatoms. The number of aromatic nitrogens is 1. The topological polar surface area (TPSA) is 51.2 Å². The van der Waals surface area contributed by atoms with E-state index in [0.29, 0.717) is 24.6 Å². The predicted molar refractivity (Wildman–Crippen MR) is 82.6 cm³/mol. The minimum atomic E-state index is -0.158. The zero-order valence-corrected chi connectivity index (χ0v) is 12.4. The molecule has 0 aliphatic carbocycles. The maximum Gasteiger partial charge on any atom is 0.256 e. The third kappa shape index (κ3) is 4.05. The maximum absolute atomic E-state index is 12.2. The molecule has 0 radical (unpaired) electrons. The smallest absolute Gasteiger partial charge is 0.256 e. The number of amides is 1. The first kappa shape index (κ1) is 15.0. The van der Waals surface area contributed by atoms with Crippen molar-refractivity contribution in [2.45, 2.75) is 19.8 Å². The van der Waals surface area contributed by atoms with E-state index in [-0.39, 0.29) is 11.8 Å². The van der Waals surface area contributed by atoms with E-state index >= 15 is 0 Å². The van der Waals surface area contributed by atoms with Crippen LogP contribution < -0.4 is 10.1 Å². The van der Waals surface area contributed by atoms with E-state index < -0.39 is 0 Å². The number of hydrogen-bond acceptors (Lipinski definition) is 3. The van der Waals surface area contributed by atoms with Gasteiger partial charge >= 0.3 is 0 Å². The van der Waals surface area contributed by atoms with Crippen LogP contribution in [0.4, 0.5) is 0 Å². The molecule has 0 bridgehead atoms. The summed E-state index contributed by atoms with van der Waals surface area (Å²) in [6.07, 6.45) is 1.62. The molecule has 2 aromatic rings. The highest BCUT2D eigenvalue weighted by atomic mass is 16.5. The van der Waals surface area contributed by atoms with Gasteiger partial charge in [0.1, 0.15) is 5.56 Å². The van der Waals surface area contributed by atoms with Gasteiger partial charge < -0.3 is 10.1 Å². The van der Waals surface area contributed by atoms with Crippen molar-refractivity contribution in [3.8, 4) is 5.88 Å². The van der Waals surface area contributed by atoms with E-state index in [0.717, 1.165) is 0 Å². The van der Waals surface area contributed by atoms with Gasteiger partial charge in [-0.3, -0.25) is 4.79 Å². The van der Waals surface area contributed by atoms with Crippen LogP contribution in [0.3, 0.4) is 0 Å². The summed E-state index contributed by atoms with van der Waals surface area (Å²) in [5.41, 5.74) is 1.67. The molecule has 0 spiro atoms. The molecule has 1 unspecified atom stereocenters. The summed E-state index contributed by atoms with van der Waals surface area (Å²) < 4.78 is 5.38. The Hall–Kier alpha value is -2.36. The molecule has 0 saturated heterocycles. The number of rotatable bonds is 6. The molecule has 1 atom stereocenters. The molecular weight excluding hydrogens is 264 g/mol. The Labute approximate surface area is 125 Å². The van der Waals surface area contributed by atoms with Crippen LogP contribution in [-0.2, 0) is 0 Å². The molecule has 0 aliphatic heterocycles. The van der Waals surface area contributed by atoms with Gasteiger partial charge in [0.2, 0.25) is 5.88 Å². The second-order valence-electron chi connectivity index (χ2n) is 4.81. The summed E-state index contributed by atoms with van der Waals surface area (Å²) in [7, 11) is 0. The van der Waals surface area contributed by atoms with Crippen LogP contribution in [0.2, 0.25) is 0 Å². The third-order valence-corrected chi connectivity index (χ3v) is 3.23. The molecule has 0 saturated carbocycles. The van der Waals surface area contributed by atoms with E-state index in [2.05, 4.69) is 29.4 Å². The lowest BCUT2D eigenvalue weighted by Gasteiger charge is -2.14. The van der Waals surface area contributed by atoms with Gasteiger partial charge in [0.25, 0.3) is 5.91 Å². The Morgan fingerprint density at radius 2 is 2.00 bits per heavy atom. The number of ether oxygens (including phenoxy) is 1. The van der Waals surface area contributed by atoms with Gasteiger partial charge in [-0.2, -0.15) is 0 Å². The standard InChI is InChI=1S/C17H20N2O2/c1-3-21-17-15(10-7-11-18-17)16(20)19-12-13(2)14-8-5-4-6-9-14/h4-11,13H,3,12H2,1-2H3,(H,19,20). The molecule has 21 heavy (non-hydrogen) atoms. The van der Waals surface area contributed by atoms with Crippen LogP contribution in [0.1, 0.15) is 35.7 Å². The minimum Gasteiger partial charge on any atom is -0.477 e. The van der Waals surface area contributed by atoms with Crippen LogP contribution in [0, 0.1) is 0 Å². The molecule has 0 fully saturated rings. The number of benzene rings is 1. The highest BCUT2D eigenvalue weighted by Gasteiger charge is 2.14. The fraction of sp³-hybridized carbons (Fsp3) is 0.294.